The van der Waals surface area contributed by atoms with Crippen molar-refractivity contribution >= 4 is 52.0 Å². The Morgan fingerprint density at radius 1 is 1.04 bits per heavy atom. The van der Waals surface area contributed by atoms with Crippen molar-refractivity contribution in [1.29, 1.82) is 0 Å². The number of hydrogen-bond acceptors (Lipinski definition) is 4. The normalized spacial score (nSPS) is 12.9. The Kier molecular flexibility index (Phi) is 4.53. The minimum Gasteiger partial charge on any atom is -0.478 e. The van der Waals surface area contributed by atoms with Crippen LogP contribution in [-0.4, -0.2) is 40.2 Å². The summed E-state index contributed by atoms with van der Waals surface area (Å²) in [5, 5.41) is 11.6. The molecule has 0 saturated heterocycles. The Morgan fingerprint density at radius 3 is 2.20 bits per heavy atom. The second-order valence-electron chi connectivity index (χ2n) is 5.29. The van der Waals surface area contributed by atoms with E-state index in [1.54, 1.807) is 24.3 Å². The van der Waals surface area contributed by atoms with Crippen LogP contribution in [0.2, 0.25) is 0 Å². The summed E-state index contributed by atoms with van der Waals surface area (Å²) in [5.74, 6) is -2.75. The summed E-state index contributed by atoms with van der Waals surface area (Å²) in [4.78, 5) is 48.6. The van der Waals surface area contributed by atoms with Gasteiger partial charge in [0.1, 0.15) is 6.54 Å². The monoisotopic (exact) mass is 450 g/mol. The summed E-state index contributed by atoms with van der Waals surface area (Å²) in [6.45, 7) is -0.444. The molecule has 2 aromatic carbocycles. The second-order valence-corrected chi connectivity index (χ2v) is 6.45. The number of hydrogen-bond donors (Lipinski definition) is 2. The highest BCUT2D eigenvalue weighted by atomic mass is 127. The first-order valence-corrected chi connectivity index (χ1v) is 8.24. The van der Waals surface area contributed by atoms with Gasteiger partial charge >= 0.3 is 5.97 Å². The molecule has 8 heteroatoms. The summed E-state index contributed by atoms with van der Waals surface area (Å²) in [6, 6.07) is 10.8. The van der Waals surface area contributed by atoms with E-state index < -0.39 is 30.2 Å². The first kappa shape index (κ1) is 17.1. The molecule has 25 heavy (non-hydrogen) atoms. The molecule has 1 aliphatic heterocycles. The molecule has 7 nitrogen and oxygen atoms in total. The fourth-order valence-corrected chi connectivity index (χ4v) is 3.06. The Labute approximate surface area is 155 Å². The van der Waals surface area contributed by atoms with Gasteiger partial charge in [0.15, 0.2) is 0 Å². The van der Waals surface area contributed by atoms with E-state index in [2.05, 4.69) is 5.32 Å². The van der Waals surface area contributed by atoms with Crippen LogP contribution in [-0.2, 0) is 4.79 Å². The number of fused-ring (bicyclic) bond motifs is 1. The van der Waals surface area contributed by atoms with Crippen molar-refractivity contribution in [2.45, 2.75) is 0 Å². The van der Waals surface area contributed by atoms with E-state index in [1.807, 2.05) is 22.6 Å². The quantitative estimate of drug-likeness (QED) is 0.550. The molecule has 1 aliphatic rings. The van der Waals surface area contributed by atoms with E-state index in [0.29, 0.717) is 3.57 Å². The number of carbonyl (C=O) groups excluding carboxylic acids is 3. The van der Waals surface area contributed by atoms with E-state index in [4.69, 9.17) is 5.11 Å². The summed E-state index contributed by atoms with van der Waals surface area (Å²) in [5.41, 5.74) is 0.865. The maximum Gasteiger partial charge on any atom is 0.336 e. The number of benzene rings is 2. The van der Waals surface area contributed by atoms with Gasteiger partial charge in [-0.05, 0) is 52.9 Å². The predicted octanol–water partition coefficient (Wildman–Crippen LogP) is 2.22. The van der Waals surface area contributed by atoms with Gasteiger partial charge in [-0.25, -0.2) is 4.79 Å². The third-order valence-electron chi connectivity index (χ3n) is 3.66. The molecular weight excluding hydrogens is 439 g/mol. The van der Waals surface area contributed by atoms with E-state index in [-0.39, 0.29) is 22.4 Å². The van der Waals surface area contributed by atoms with Crippen molar-refractivity contribution in [3.05, 3.63) is 62.7 Å². The molecule has 2 aromatic rings. The molecule has 0 radical (unpaired) electrons. The van der Waals surface area contributed by atoms with Crippen molar-refractivity contribution in [2.75, 3.05) is 11.9 Å². The van der Waals surface area contributed by atoms with Gasteiger partial charge in [-0.15, -0.1) is 0 Å². The molecule has 1 heterocycles. The number of halogens is 1. The first-order valence-electron chi connectivity index (χ1n) is 7.16. The molecule has 0 spiro atoms. The van der Waals surface area contributed by atoms with Crippen LogP contribution >= 0.6 is 22.6 Å². The minimum atomic E-state index is -1.11. The number of carboxylic acid groups (broad SMARTS) is 1. The van der Waals surface area contributed by atoms with Crippen molar-refractivity contribution in [3.8, 4) is 0 Å². The van der Waals surface area contributed by atoms with Gasteiger partial charge in [0.05, 0.1) is 16.7 Å². The van der Waals surface area contributed by atoms with Crippen LogP contribution in [0.5, 0.6) is 0 Å². The number of amides is 3. The summed E-state index contributed by atoms with van der Waals surface area (Å²) >= 11 is 1.88. The molecule has 0 fully saturated rings. The lowest BCUT2D eigenvalue weighted by Gasteiger charge is -2.14. The highest BCUT2D eigenvalue weighted by molar-refractivity contribution is 14.1. The zero-order chi connectivity index (χ0) is 18.1. The topological polar surface area (TPSA) is 104 Å². The van der Waals surface area contributed by atoms with E-state index >= 15 is 0 Å². The van der Waals surface area contributed by atoms with E-state index in [1.165, 1.54) is 18.2 Å². The highest BCUT2D eigenvalue weighted by Crippen LogP contribution is 2.22. The number of anilines is 1. The minimum absolute atomic E-state index is 0.0548. The van der Waals surface area contributed by atoms with E-state index in [9.17, 15) is 19.2 Å². The zero-order valence-corrected chi connectivity index (χ0v) is 14.8. The molecule has 126 valence electrons. The van der Waals surface area contributed by atoms with Crippen LogP contribution in [0.4, 0.5) is 5.69 Å². The van der Waals surface area contributed by atoms with Gasteiger partial charge in [0.2, 0.25) is 5.91 Å². The van der Waals surface area contributed by atoms with Crippen LogP contribution in [0.25, 0.3) is 0 Å². The maximum atomic E-state index is 12.2. The van der Waals surface area contributed by atoms with Gasteiger partial charge in [-0.2, -0.15) is 0 Å². The third kappa shape index (κ3) is 3.25. The molecule has 3 amide bonds. The van der Waals surface area contributed by atoms with Crippen molar-refractivity contribution in [1.82, 2.24) is 4.90 Å². The molecule has 0 aliphatic carbocycles. The predicted molar refractivity (Wildman–Crippen MR) is 96.6 cm³/mol. The number of aromatic carboxylic acids is 1. The molecule has 0 bridgehead atoms. The van der Waals surface area contributed by atoms with Crippen molar-refractivity contribution in [3.63, 3.8) is 0 Å². The lowest BCUT2D eigenvalue weighted by atomic mass is 10.1. The fraction of sp³-hybridized carbons (Fsp3) is 0.0588. The fourth-order valence-electron chi connectivity index (χ4n) is 2.49. The lowest BCUT2D eigenvalue weighted by molar-refractivity contribution is -0.116. The maximum absolute atomic E-state index is 12.2. The number of carbonyl (C=O) groups is 4. The largest absolute Gasteiger partial charge is 0.478 e. The molecule has 0 aromatic heterocycles. The molecule has 2 N–H and O–H groups in total. The summed E-state index contributed by atoms with van der Waals surface area (Å²) in [7, 11) is 0. The number of rotatable bonds is 4. The van der Waals surface area contributed by atoms with Crippen LogP contribution in [0.1, 0.15) is 31.1 Å². The van der Waals surface area contributed by atoms with Gasteiger partial charge in [-0.3, -0.25) is 19.3 Å². The van der Waals surface area contributed by atoms with Crippen molar-refractivity contribution < 1.29 is 24.3 Å². The van der Waals surface area contributed by atoms with E-state index in [0.717, 1.165) is 4.90 Å². The average molecular weight is 450 g/mol. The standard InChI is InChI=1S/C17H11IN2O5/c18-13-6-5-9(7-12(13)17(24)25)19-14(21)8-20-15(22)10-3-1-2-4-11(10)16(20)23/h1-7H,8H2,(H,19,21)(H,24,25). The summed E-state index contributed by atoms with van der Waals surface area (Å²) in [6.07, 6.45) is 0. The van der Waals surface area contributed by atoms with Gasteiger partial charge in [-0.1, -0.05) is 12.1 Å². The molecule has 0 unspecified atom stereocenters. The smallest absolute Gasteiger partial charge is 0.336 e. The van der Waals surface area contributed by atoms with Crippen molar-refractivity contribution in [2.24, 2.45) is 0 Å². The van der Waals surface area contributed by atoms with Gasteiger partial charge in [0.25, 0.3) is 11.8 Å². The third-order valence-corrected chi connectivity index (χ3v) is 4.60. The summed E-state index contributed by atoms with van der Waals surface area (Å²) < 4.78 is 0.531. The molecule has 0 atom stereocenters. The van der Waals surface area contributed by atoms with Crippen LogP contribution in [0.15, 0.2) is 42.5 Å². The molecular formula is C17H11IN2O5. The number of carboxylic acids is 1. The van der Waals surface area contributed by atoms with Crippen LogP contribution in [0.3, 0.4) is 0 Å². The SMILES string of the molecule is O=C(CN1C(=O)c2ccccc2C1=O)Nc1ccc(I)c(C(=O)O)c1. The number of nitrogens with zero attached hydrogens (tertiary/aromatic N) is 1. The van der Waals surface area contributed by atoms with Crippen LogP contribution < -0.4 is 5.32 Å². The van der Waals surface area contributed by atoms with Gasteiger partial charge in [0, 0.05) is 9.26 Å². The Hall–Kier alpha value is -2.75. The average Bonchev–Trinajstić information content (AvgIpc) is 2.82. The highest BCUT2D eigenvalue weighted by Gasteiger charge is 2.36. The van der Waals surface area contributed by atoms with Crippen LogP contribution in [0, 0.1) is 3.57 Å². The Morgan fingerprint density at radius 2 is 1.64 bits per heavy atom. The zero-order valence-electron chi connectivity index (χ0n) is 12.7. The number of imide groups is 1. The molecule has 3 rings (SSSR count). The molecule has 0 saturated carbocycles. The van der Waals surface area contributed by atoms with Gasteiger partial charge < -0.3 is 10.4 Å². The Balaban J connectivity index is 1.74. The first-order chi connectivity index (χ1) is 11.9. The Bertz CT molecular complexity index is 890. The second kappa shape index (κ2) is 6.63. The lowest BCUT2D eigenvalue weighted by Crippen LogP contribution is -2.37. The number of nitrogens with one attached hydrogen (secondary N) is 1.